The van der Waals surface area contributed by atoms with Crippen LogP contribution in [-0.4, -0.2) is 45.2 Å². The predicted molar refractivity (Wildman–Crippen MR) is 86.9 cm³/mol. The van der Waals surface area contributed by atoms with Crippen molar-refractivity contribution in [1.29, 1.82) is 0 Å². The second-order valence-corrected chi connectivity index (χ2v) is 5.72. The van der Waals surface area contributed by atoms with Crippen LogP contribution in [0.15, 0.2) is 16.6 Å². The lowest BCUT2D eigenvalue weighted by Crippen LogP contribution is -2.27. The number of rotatable bonds is 8. The zero-order chi connectivity index (χ0) is 15.8. The van der Waals surface area contributed by atoms with Gasteiger partial charge in [0.25, 0.3) is 5.91 Å². The Kier molecular flexibility index (Phi) is 7.53. The number of nitrogens with zero attached hydrogens (tertiary/aromatic N) is 1. The summed E-state index contributed by atoms with van der Waals surface area (Å²) in [6, 6.07) is 3.89. The van der Waals surface area contributed by atoms with Crippen molar-refractivity contribution < 1.29 is 14.3 Å². The summed E-state index contributed by atoms with van der Waals surface area (Å²) in [6.07, 6.45) is 1.09. The number of carbonyl (C=O) groups excluding carboxylic acids is 1. The summed E-state index contributed by atoms with van der Waals surface area (Å²) in [5.41, 5.74) is 1.10. The maximum absolute atomic E-state index is 11.6. The molecular weight excluding hydrogens is 336 g/mol. The molecule has 1 aromatic rings. The first-order valence-corrected chi connectivity index (χ1v) is 7.69. The Hall–Kier alpha value is -1.27. The van der Waals surface area contributed by atoms with Crippen molar-refractivity contribution in [2.24, 2.45) is 0 Å². The monoisotopic (exact) mass is 358 g/mol. The Morgan fingerprint density at radius 1 is 1.38 bits per heavy atom. The van der Waals surface area contributed by atoms with Crippen LogP contribution < -0.4 is 14.8 Å². The molecule has 0 saturated heterocycles. The van der Waals surface area contributed by atoms with E-state index < -0.39 is 0 Å². The molecule has 0 aliphatic heterocycles. The third-order valence-corrected chi connectivity index (χ3v) is 3.47. The first-order chi connectivity index (χ1) is 9.99. The molecule has 1 aromatic carbocycles. The van der Waals surface area contributed by atoms with Crippen LogP contribution in [-0.2, 0) is 11.3 Å². The van der Waals surface area contributed by atoms with Crippen LogP contribution in [0.3, 0.4) is 0 Å². The van der Waals surface area contributed by atoms with Crippen LogP contribution in [0, 0.1) is 0 Å². The van der Waals surface area contributed by atoms with Gasteiger partial charge in [-0.2, -0.15) is 0 Å². The Bertz CT molecular complexity index is 478. The lowest BCUT2D eigenvalue weighted by atomic mass is 10.2. The van der Waals surface area contributed by atoms with Gasteiger partial charge in [-0.1, -0.05) is 6.92 Å². The molecule has 0 aliphatic carbocycles. The highest BCUT2D eigenvalue weighted by Crippen LogP contribution is 2.36. The molecule has 0 spiro atoms. The van der Waals surface area contributed by atoms with E-state index in [1.54, 1.807) is 21.2 Å². The number of methoxy groups -OCH3 is 1. The van der Waals surface area contributed by atoms with Gasteiger partial charge in [-0.25, -0.2) is 0 Å². The molecule has 6 heteroatoms. The molecule has 0 heterocycles. The molecule has 0 radical (unpaired) electrons. The van der Waals surface area contributed by atoms with Crippen molar-refractivity contribution in [3.63, 3.8) is 0 Å². The van der Waals surface area contributed by atoms with Crippen molar-refractivity contribution >= 4 is 21.8 Å². The number of hydrogen-bond donors (Lipinski definition) is 1. The average molecular weight is 359 g/mol. The highest BCUT2D eigenvalue weighted by Gasteiger charge is 2.14. The van der Waals surface area contributed by atoms with E-state index in [1.165, 1.54) is 4.90 Å². The quantitative estimate of drug-likeness (QED) is 0.725. The summed E-state index contributed by atoms with van der Waals surface area (Å²) in [4.78, 5) is 13.1. The number of carbonyl (C=O) groups is 1. The maximum atomic E-state index is 11.6. The molecular formula is C15H23BrN2O3. The van der Waals surface area contributed by atoms with Crippen LogP contribution in [0.1, 0.15) is 18.9 Å². The minimum Gasteiger partial charge on any atom is -0.493 e. The predicted octanol–water partition coefficient (Wildman–Crippen LogP) is 2.42. The molecule has 5 nitrogen and oxygen atoms in total. The number of halogens is 1. The molecule has 0 aliphatic rings. The molecule has 1 rings (SSSR count). The maximum Gasteiger partial charge on any atom is 0.259 e. The van der Waals surface area contributed by atoms with Gasteiger partial charge in [-0.3, -0.25) is 4.79 Å². The van der Waals surface area contributed by atoms with Gasteiger partial charge in [-0.15, -0.1) is 0 Å². The summed E-state index contributed by atoms with van der Waals surface area (Å²) in [7, 11) is 4.98. The van der Waals surface area contributed by atoms with Gasteiger partial charge in [0.15, 0.2) is 18.1 Å². The fourth-order valence-corrected chi connectivity index (χ4v) is 2.29. The zero-order valence-corrected chi connectivity index (χ0v) is 14.6. The first-order valence-electron chi connectivity index (χ1n) is 6.89. The van der Waals surface area contributed by atoms with Gasteiger partial charge in [0.2, 0.25) is 0 Å². The Morgan fingerprint density at radius 3 is 2.67 bits per heavy atom. The number of likely N-dealkylation sites (N-methyl/N-ethyl adjacent to an activating group) is 1. The van der Waals surface area contributed by atoms with Crippen LogP contribution in [0.25, 0.3) is 0 Å². The minimum absolute atomic E-state index is 0.0185. The molecule has 0 fully saturated rings. The van der Waals surface area contributed by atoms with E-state index in [4.69, 9.17) is 9.47 Å². The Morgan fingerprint density at radius 2 is 2.10 bits per heavy atom. The average Bonchev–Trinajstić information content (AvgIpc) is 2.45. The third-order valence-electron chi connectivity index (χ3n) is 2.88. The minimum atomic E-state index is -0.0994. The number of benzene rings is 1. The van der Waals surface area contributed by atoms with Crippen molar-refractivity contribution in [2.75, 3.05) is 34.4 Å². The molecule has 1 amide bonds. The van der Waals surface area contributed by atoms with E-state index in [1.807, 2.05) is 12.1 Å². The summed E-state index contributed by atoms with van der Waals surface area (Å²) in [5.74, 6) is 1.06. The van der Waals surface area contributed by atoms with Gasteiger partial charge in [-0.05, 0) is 46.6 Å². The molecule has 0 atom stereocenters. The standard InChI is InChI=1S/C15H23BrN2O3/c1-5-6-17-9-11-7-12(16)15(13(8-11)20-4)21-10-14(19)18(2)3/h7-8,17H,5-6,9-10H2,1-4H3. The molecule has 0 saturated carbocycles. The molecule has 0 aromatic heterocycles. The van der Waals surface area contributed by atoms with Gasteiger partial charge >= 0.3 is 0 Å². The molecule has 0 unspecified atom stereocenters. The Labute approximate surface area is 134 Å². The normalized spacial score (nSPS) is 10.3. The third kappa shape index (κ3) is 5.55. The molecule has 0 bridgehead atoms. The number of ether oxygens (including phenoxy) is 2. The van der Waals surface area contributed by atoms with Crippen LogP contribution in [0.2, 0.25) is 0 Å². The molecule has 21 heavy (non-hydrogen) atoms. The number of hydrogen-bond acceptors (Lipinski definition) is 4. The summed E-state index contributed by atoms with van der Waals surface area (Å²) in [5, 5.41) is 3.34. The van der Waals surface area contributed by atoms with Crippen molar-refractivity contribution in [2.45, 2.75) is 19.9 Å². The summed E-state index contributed by atoms with van der Waals surface area (Å²) in [6.45, 7) is 3.84. The van der Waals surface area contributed by atoms with Crippen molar-refractivity contribution in [3.05, 3.63) is 22.2 Å². The SMILES string of the molecule is CCCNCc1cc(Br)c(OCC(=O)N(C)C)c(OC)c1. The fraction of sp³-hybridized carbons (Fsp3) is 0.533. The van der Waals surface area contributed by atoms with Crippen molar-refractivity contribution in [3.8, 4) is 11.5 Å². The summed E-state index contributed by atoms with van der Waals surface area (Å²) < 4.78 is 11.7. The first kappa shape index (κ1) is 17.8. The topological polar surface area (TPSA) is 50.8 Å². The molecule has 118 valence electrons. The van der Waals surface area contributed by atoms with Gasteiger partial charge in [0.05, 0.1) is 11.6 Å². The highest BCUT2D eigenvalue weighted by atomic mass is 79.9. The van der Waals surface area contributed by atoms with Gasteiger partial charge in [0, 0.05) is 20.6 Å². The van der Waals surface area contributed by atoms with Crippen LogP contribution in [0.5, 0.6) is 11.5 Å². The van der Waals surface area contributed by atoms with Crippen LogP contribution in [0.4, 0.5) is 0 Å². The van der Waals surface area contributed by atoms with E-state index in [9.17, 15) is 4.79 Å². The lowest BCUT2D eigenvalue weighted by Gasteiger charge is -2.16. The second-order valence-electron chi connectivity index (χ2n) is 4.86. The zero-order valence-electron chi connectivity index (χ0n) is 13.0. The number of nitrogens with one attached hydrogen (secondary N) is 1. The Balaban J connectivity index is 2.82. The van der Waals surface area contributed by atoms with E-state index in [-0.39, 0.29) is 12.5 Å². The van der Waals surface area contributed by atoms with E-state index in [0.29, 0.717) is 11.5 Å². The van der Waals surface area contributed by atoms with Crippen molar-refractivity contribution in [1.82, 2.24) is 10.2 Å². The van der Waals surface area contributed by atoms with Gasteiger partial charge < -0.3 is 19.7 Å². The summed E-state index contributed by atoms with van der Waals surface area (Å²) >= 11 is 3.48. The lowest BCUT2D eigenvalue weighted by molar-refractivity contribution is -0.130. The van der Waals surface area contributed by atoms with E-state index in [0.717, 1.165) is 29.5 Å². The smallest absolute Gasteiger partial charge is 0.259 e. The highest BCUT2D eigenvalue weighted by molar-refractivity contribution is 9.10. The van der Waals surface area contributed by atoms with E-state index in [2.05, 4.69) is 28.2 Å². The van der Waals surface area contributed by atoms with Gasteiger partial charge in [0.1, 0.15) is 0 Å². The fourth-order valence-electron chi connectivity index (χ4n) is 1.69. The number of amides is 1. The second kappa shape index (κ2) is 8.89. The van der Waals surface area contributed by atoms with E-state index >= 15 is 0 Å². The molecule has 1 N–H and O–H groups in total. The largest absolute Gasteiger partial charge is 0.493 e. The van der Waals surface area contributed by atoms with Crippen LogP contribution >= 0.6 is 15.9 Å².